The van der Waals surface area contributed by atoms with E-state index in [9.17, 15) is 9.59 Å². The number of nitrogens with one attached hydrogen (secondary N) is 1. The summed E-state index contributed by atoms with van der Waals surface area (Å²) in [6.07, 6.45) is 3.53. The first-order chi connectivity index (χ1) is 12.1. The molecule has 2 aromatic rings. The molecule has 1 fully saturated rings. The molecule has 25 heavy (non-hydrogen) atoms. The highest BCUT2D eigenvalue weighted by Gasteiger charge is 2.21. The van der Waals surface area contributed by atoms with Gasteiger partial charge in [0.05, 0.1) is 23.4 Å². The van der Waals surface area contributed by atoms with Crippen LogP contribution >= 0.6 is 11.6 Å². The first-order valence-corrected chi connectivity index (χ1v) is 8.23. The molecule has 1 amide bonds. The van der Waals surface area contributed by atoms with Crippen molar-refractivity contribution in [3.05, 3.63) is 46.7 Å². The van der Waals surface area contributed by atoms with Gasteiger partial charge in [-0.3, -0.25) is 4.79 Å². The quantitative estimate of drug-likeness (QED) is 0.844. The number of rotatable bonds is 4. The molecular weight excluding hydrogens is 344 g/mol. The van der Waals surface area contributed by atoms with Gasteiger partial charge >= 0.3 is 5.97 Å². The second-order valence-corrected chi connectivity index (χ2v) is 5.98. The number of aromatic nitrogens is 2. The van der Waals surface area contributed by atoms with Gasteiger partial charge in [0.15, 0.2) is 0 Å². The molecule has 1 N–H and O–H groups in total. The summed E-state index contributed by atoms with van der Waals surface area (Å²) in [4.78, 5) is 34.2. The van der Waals surface area contributed by atoms with E-state index in [0.29, 0.717) is 22.0 Å². The Kier molecular flexibility index (Phi) is 5.14. The number of carbonyl (C=O) groups is 2. The molecule has 1 saturated heterocycles. The number of benzene rings is 1. The van der Waals surface area contributed by atoms with Crippen molar-refractivity contribution in [3.8, 4) is 0 Å². The minimum absolute atomic E-state index is 0.114. The average Bonchev–Trinajstić information content (AvgIpc) is 3.17. The summed E-state index contributed by atoms with van der Waals surface area (Å²) in [6, 6.07) is 6.27. The smallest absolute Gasteiger partial charge is 0.337 e. The average molecular weight is 361 g/mol. The molecule has 3 rings (SSSR count). The molecule has 1 aromatic heterocycles. The number of anilines is 2. The lowest BCUT2D eigenvalue weighted by Crippen LogP contribution is -2.28. The second-order valence-electron chi connectivity index (χ2n) is 5.58. The van der Waals surface area contributed by atoms with Crippen LogP contribution in [0.1, 0.15) is 33.7 Å². The minimum atomic E-state index is -0.474. The first kappa shape index (κ1) is 17.2. The van der Waals surface area contributed by atoms with Crippen LogP contribution in [0.3, 0.4) is 0 Å². The molecule has 0 saturated carbocycles. The lowest BCUT2D eigenvalue weighted by atomic mass is 10.2. The van der Waals surface area contributed by atoms with E-state index in [-0.39, 0.29) is 11.9 Å². The lowest BCUT2D eigenvalue weighted by molar-refractivity contribution is 0.0600. The molecule has 7 nitrogen and oxygen atoms in total. The van der Waals surface area contributed by atoms with Gasteiger partial charge in [-0.25, -0.2) is 14.8 Å². The van der Waals surface area contributed by atoms with Crippen LogP contribution in [0, 0.1) is 0 Å². The zero-order chi connectivity index (χ0) is 17.8. The maximum absolute atomic E-state index is 12.4. The van der Waals surface area contributed by atoms with Crippen LogP contribution in [0.15, 0.2) is 30.5 Å². The fourth-order valence-corrected chi connectivity index (χ4v) is 2.77. The predicted molar refractivity (Wildman–Crippen MR) is 93.2 cm³/mol. The summed E-state index contributed by atoms with van der Waals surface area (Å²) < 4.78 is 4.70. The number of halogens is 1. The Morgan fingerprint density at radius 1 is 1.24 bits per heavy atom. The number of hydrogen-bond acceptors (Lipinski definition) is 6. The van der Waals surface area contributed by atoms with Crippen molar-refractivity contribution in [2.75, 3.05) is 25.5 Å². The maximum atomic E-state index is 12.4. The molecule has 0 bridgehead atoms. The van der Waals surface area contributed by atoms with Gasteiger partial charge in [-0.15, -0.1) is 0 Å². The first-order valence-electron chi connectivity index (χ1n) is 7.85. The van der Waals surface area contributed by atoms with Crippen molar-refractivity contribution in [2.45, 2.75) is 12.8 Å². The molecule has 2 heterocycles. The minimum Gasteiger partial charge on any atom is -0.465 e. The topological polar surface area (TPSA) is 84.4 Å². The van der Waals surface area contributed by atoms with E-state index >= 15 is 0 Å². The van der Waals surface area contributed by atoms with Gasteiger partial charge in [0.25, 0.3) is 5.91 Å². The summed E-state index contributed by atoms with van der Waals surface area (Å²) >= 11 is 6.15. The Morgan fingerprint density at radius 3 is 2.72 bits per heavy atom. The van der Waals surface area contributed by atoms with Crippen LogP contribution in [0.5, 0.6) is 0 Å². The van der Waals surface area contributed by atoms with Gasteiger partial charge in [-0.05, 0) is 37.1 Å². The van der Waals surface area contributed by atoms with Crippen LogP contribution in [0.25, 0.3) is 0 Å². The zero-order valence-electron chi connectivity index (χ0n) is 13.7. The molecule has 8 heteroatoms. The SMILES string of the molecule is COC(=O)c1ccc(Cl)c(Nc2nccc(C(=O)N3CCCC3)n2)c1. The highest BCUT2D eigenvalue weighted by molar-refractivity contribution is 6.33. The van der Waals surface area contributed by atoms with Crippen LogP contribution in [-0.2, 0) is 4.74 Å². The predicted octanol–water partition coefficient (Wildman–Crippen LogP) is 2.90. The normalized spacial score (nSPS) is 13.6. The van der Waals surface area contributed by atoms with E-state index in [2.05, 4.69) is 15.3 Å². The maximum Gasteiger partial charge on any atom is 0.337 e. The second kappa shape index (κ2) is 7.48. The lowest BCUT2D eigenvalue weighted by Gasteiger charge is -2.15. The molecule has 0 aliphatic carbocycles. The molecule has 0 spiro atoms. The number of hydrogen-bond donors (Lipinski definition) is 1. The van der Waals surface area contributed by atoms with Gasteiger partial charge < -0.3 is 15.0 Å². The Labute approximate surface area is 150 Å². The van der Waals surface area contributed by atoms with Crippen molar-refractivity contribution in [1.82, 2.24) is 14.9 Å². The summed E-state index contributed by atoms with van der Waals surface area (Å²) in [5.41, 5.74) is 1.12. The Balaban J connectivity index is 1.82. The highest BCUT2D eigenvalue weighted by atomic mass is 35.5. The van der Waals surface area contributed by atoms with E-state index < -0.39 is 5.97 Å². The number of nitrogens with zero attached hydrogens (tertiary/aromatic N) is 3. The number of ether oxygens (including phenoxy) is 1. The summed E-state index contributed by atoms with van der Waals surface area (Å²) in [6.45, 7) is 1.50. The van der Waals surface area contributed by atoms with Crippen molar-refractivity contribution in [3.63, 3.8) is 0 Å². The molecule has 0 atom stereocenters. The third-order valence-electron chi connectivity index (χ3n) is 3.90. The van der Waals surface area contributed by atoms with Gasteiger partial charge in [0, 0.05) is 19.3 Å². The van der Waals surface area contributed by atoms with E-state index in [4.69, 9.17) is 16.3 Å². The van der Waals surface area contributed by atoms with Gasteiger partial charge in [0.1, 0.15) is 5.69 Å². The number of esters is 1. The standard InChI is InChI=1S/C17H17ClN4O3/c1-25-16(24)11-4-5-12(18)14(10-11)21-17-19-7-6-13(20-17)15(23)22-8-2-3-9-22/h4-7,10H,2-3,8-9H2,1H3,(H,19,20,21). The number of carbonyl (C=O) groups excluding carboxylic acids is 2. The van der Waals surface area contributed by atoms with E-state index in [1.165, 1.54) is 13.3 Å². The molecule has 0 unspecified atom stereocenters. The fraction of sp³-hybridized carbons (Fsp3) is 0.294. The molecule has 0 radical (unpaired) electrons. The van der Waals surface area contributed by atoms with Gasteiger partial charge in [-0.2, -0.15) is 0 Å². The molecule has 130 valence electrons. The van der Waals surface area contributed by atoms with Crippen LogP contribution in [0.4, 0.5) is 11.6 Å². The van der Waals surface area contributed by atoms with E-state index in [1.54, 1.807) is 29.2 Å². The summed E-state index contributed by atoms with van der Waals surface area (Å²) in [5.74, 6) is -0.357. The summed E-state index contributed by atoms with van der Waals surface area (Å²) in [7, 11) is 1.31. The largest absolute Gasteiger partial charge is 0.465 e. The van der Waals surface area contributed by atoms with Crippen LogP contribution in [0.2, 0.25) is 5.02 Å². The van der Waals surface area contributed by atoms with E-state index in [1.807, 2.05) is 0 Å². The van der Waals surface area contributed by atoms with Crippen molar-refractivity contribution in [1.29, 1.82) is 0 Å². The van der Waals surface area contributed by atoms with Crippen molar-refractivity contribution >= 4 is 35.1 Å². The Hall–Kier alpha value is -2.67. The molecule has 1 aliphatic heterocycles. The number of methoxy groups -OCH3 is 1. The van der Waals surface area contributed by atoms with Crippen LogP contribution < -0.4 is 5.32 Å². The zero-order valence-corrected chi connectivity index (χ0v) is 14.4. The molecule has 1 aromatic carbocycles. The van der Waals surface area contributed by atoms with Gasteiger partial charge in [0.2, 0.25) is 5.95 Å². The van der Waals surface area contributed by atoms with Crippen molar-refractivity contribution < 1.29 is 14.3 Å². The Morgan fingerprint density at radius 2 is 2.00 bits per heavy atom. The number of likely N-dealkylation sites (tertiary alicyclic amines) is 1. The van der Waals surface area contributed by atoms with Crippen LogP contribution in [-0.4, -0.2) is 46.9 Å². The third-order valence-corrected chi connectivity index (χ3v) is 4.23. The number of amides is 1. The molecular formula is C17H17ClN4O3. The Bertz CT molecular complexity index is 806. The summed E-state index contributed by atoms with van der Waals surface area (Å²) in [5, 5.41) is 3.34. The third kappa shape index (κ3) is 3.88. The van der Waals surface area contributed by atoms with Gasteiger partial charge in [-0.1, -0.05) is 11.6 Å². The highest BCUT2D eigenvalue weighted by Crippen LogP contribution is 2.26. The van der Waals surface area contributed by atoms with E-state index in [0.717, 1.165) is 25.9 Å². The molecule has 1 aliphatic rings. The fourth-order valence-electron chi connectivity index (χ4n) is 2.61. The monoisotopic (exact) mass is 360 g/mol. The van der Waals surface area contributed by atoms with Crippen molar-refractivity contribution in [2.24, 2.45) is 0 Å².